The molecule has 1 aliphatic heterocycles. The molecular weight excluding hydrogens is 504 g/mol. The monoisotopic (exact) mass is 532 g/mol. The molecule has 1 unspecified atom stereocenters. The Morgan fingerprint density at radius 1 is 0.897 bits per heavy atom. The normalized spacial score (nSPS) is 15.3. The average Bonchev–Trinajstić information content (AvgIpc) is 3.27. The summed E-state index contributed by atoms with van der Waals surface area (Å²) in [4.78, 5) is 25.3. The minimum atomic E-state index is -0.232. The van der Waals surface area contributed by atoms with E-state index >= 15 is 0 Å². The molecule has 6 heteroatoms. The SMILES string of the molecule is C=C1C(Cc2ccccc2-c2ccccc2C)N=C(c2ccc3[nH]c(=O)[nH]c3c2)c2cc(Cl)ccc2N1CC. The number of aromatic nitrogens is 2. The third-order valence-electron chi connectivity index (χ3n) is 7.49. The highest BCUT2D eigenvalue weighted by atomic mass is 35.5. The Hall–Kier alpha value is -4.35. The fourth-order valence-corrected chi connectivity index (χ4v) is 5.73. The van der Waals surface area contributed by atoms with E-state index in [9.17, 15) is 4.79 Å². The van der Waals surface area contributed by atoms with Crippen molar-refractivity contribution < 1.29 is 0 Å². The van der Waals surface area contributed by atoms with Crippen molar-refractivity contribution in [3.63, 3.8) is 0 Å². The second-order valence-corrected chi connectivity index (χ2v) is 10.3. The van der Waals surface area contributed by atoms with Crippen LogP contribution in [0.1, 0.15) is 29.2 Å². The fourth-order valence-electron chi connectivity index (χ4n) is 5.56. The summed E-state index contributed by atoms with van der Waals surface area (Å²) in [7, 11) is 0. The first kappa shape index (κ1) is 25.0. The van der Waals surface area contributed by atoms with E-state index in [1.54, 1.807) is 0 Å². The zero-order chi connectivity index (χ0) is 27.1. The van der Waals surface area contributed by atoms with Crippen LogP contribution >= 0.6 is 11.6 Å². The summed E-state index contributed by atoms with van der Waals surface area (Å²) in [6.45, 7) is 9.58. The quantitative estimate of drug-likeness (QED) is 0.250. The highest BCUT2D eigenvalue weighted by molar-refractivity contribution is 6.31. The third kappa shape index (κ3) is 4.59. The largest absolute Gasteiger partial charge is 0.343 e. The molecule has 1 atom stereocenters. The molecule has 0 amide bonds. The van der Waals surface area contributed by atoms with Gasteiger partial charge in [0.2, 0.25) is 0 Å². The lowest BCUT2D eigenvalue weighted by Crippen LogP contribution is -2.29. The average molecular weight is 533 g/mol. The Kier molecular flexibility index (Phi) is 6.45. The minimum absolute atomic E-state index is 0.211. The smallest absolute Gasteiger partial charge is 0.323 e. The number of benzodiazepines with no additional fused rings is 1. The van der Waals surface area contributed by atoms with Crippen LogP contribution in [0.3, 0.4) is 0 Å². The number of H-pyrrole nitrogens is 2. The molecule has 0 radical (unpaired) electrons. The molecule has 1 aliphatic rings. The van der Waals surface area contributed by atoms with Crippen molar-refractivity contribution in [3.05, 3.63) is 135 Å². The van der Waals surface area contributed by atoms with Gasteiger partial charge in [-0.25, -0.2) is 4.79 Å². The van der Waals surface area contributed by atoms with Crippen LogP contribution in [0.4, 0.5) is 5.69 Å². The number of nitrogens with one attached hydrogen (secondary N) is 2. The number of imidazole rings is 1. The number of hydrogen-bond donors (Lipinski definition) is 2. The molecule has 6 rings (SSSR count). The van der Waals surface area contributed by atoms with E-state index in [0.717, 1.165) is 45.8 Å². The molecular formula is C33H29ClN4O. The highest BCUT2D eigenvalue weighted by Gasteiger charge is 2.28. The molecule has 0 saturated carbocycles. The zero-order valence-electron chi connectivity index (χ0n) is 22.0. The summed E-state index contributed by atoms with van der Waals surface area (Å²) in [6, 6.07) is 28.6. The number of halogens is 1. The first-order valence-electron chi connectivity index (χ1n) is 13.1. The Labute approximate surface area is 232 Å². The van der Waals surface area contributed by atoms with Crippen LogP contribution in [0.25, 0.3) is 22.2 Å². The predicted octanol–water partition coefficient (Wildman–Crippen LogP) is 7.29. The standard InChI is InChI=1S/C33H29ClN4O/c1-4-38-21(3)29(17-22-10-6-8-12-26(22)25-11-7-5-9-20(25)2)35-32(27-19-24(34)14-16-31(27)38)23-13-15-28-30(18-23)37-33(39)36-28/h5-16,18-19,29H,3-4,17H2,1-2H3,(H2,36,37,39). The number of aliphatic imine (C=N–C) groups is 1. The second kappa shape index (κ2) is 10.1. The van der Waals surface area contributed by atoms with Crippen molar-refractivity contribution in [2.75, 3.05) is 11.4 Å². The van der Waals surface area contributed by atoms with Crippen LogP contribution in [-0.4, -0.2) is 28.3 Å². The van der Waals surface area contributed by atoms with Crippen molar-refractivity contribution in [1.29, 1.82) is 0 Å². The van der Waals surface area contributed by atoms with Crippen LogP contribution in [0, 0.1) is 6.92 Å². The maximum absolute atomic E-state index is 12.0. The molecule has 194 valence electrons. The van der Waals surface area contributed by atoms with E-state index < -0.39 is 0 Å². The molecule has 39 heavy (non-hydrogen) atoms. The lowest BCUT2D eigenvalue weighted by Gasteiger charge is -2.28. The molecule has 0 spiro atoms. The van der Waals surface area contributed by atoms with Gasteiger partial charge in [0.15, 0.2) is 0 Å². The van der Waals surface area contributed by atoms with Gasteiger partial charge in [-0.05, 0) is 66.4 Å². The Morgan fingerprint density at radius 3 is 2.44 bits per heavy atom. The number of aryl methyl sites for hydroxylation is 1. The second-order valence-electron chi connectivity index (χ2n) is 9.91. The lowest BCUT2D eigenvalue weighted by atomic mass is 9.92. The van der Waals surface area contributed by atoms with Gasteiger partial charge in [-0.15, -0.1) is 0 Å². The Bertz CT molecular complexity index is 1810. The maximum Gasteiger partial charge on any atom is 0.323 e. The van der Waals surface area contributed by atoms with Gasteiger partial charge in [0.05, 0.1) is 28.5 Å². The highest BCUT2D eigenvalue weighted by Crippen LogP contribution is 2.36. The number of aromatic amines is 2. The van der Waals surface area contributed by atoms with Crippen molar-refractivity contribution in [2.24, 2.45) is 4.99 Å². The van der Waals surface area contributed by atoms with E-state index in [2.05, 4.69) is 83.8 Å². The third-order valence-corrected chi connectivity index (χ3v) is 7.73. The molecule has 4 aromatic carbocycles. The van der Waals surface area contributed by atoms with E-state index in [4.69, 9.17) is 16.6 Å². The molecule has 1 aromatic heterocycles. The number of hydrogen-bond acceptors (Lipinski definition) is 3. The van der Waals surface area contributed by atoms with Gasteiger partial charge in [-0.1, -0.05) is 72.8 Å². The van der Waals surface area contributed by atoms with Crippen molar-refractivity contribution in [2.45, 2.75) is 26.3 Å². The van der Waals surface area contributed by atoms with E-state index in [1.165, 1.54) is 22.3 Å². The molecule has 0 bridgehead atoms. The van der Waals surface area contributed by atoms with E-state index in [-0.39, 0.29) is 11.7 Å². The molecule has 0 fully saturated rings. The lowest BCUT2D eigenvalue weighted by molar-refractivity contribution is 0.731. The molecule has 5 aromatic rings. The number of benzene rings is 4. The van der Waals surface area contributed by atoms with Crippen LogP contribution < -0.4 is 10.6 Å². The van der Waals surface area contributed by atoms with Crippen LogP contribution in [0.15, 0.2) is 107 Å². The van der Waals surface area contributed by atoms with Gasteiger partial charge >= 0.3 is 5.69 Å². The summed E-state index contributed by atoms with van der Waals surface area (Å²) < 4.78 is 0. The van der Waals surface area contributed by atoms with Gasteiger partial charge < -0.3 is 14.9 Å². The van der Waals surface area contributed by atoms with Gasteiger partial charge in [0, 0.05) is 34.8 Å². The number of likely N-dealkylation sites (N-methyl/N-ethyl adjacent to an activating group) is 1. The minimum Gasteiger partial charge on any atom is -0.343 e. The summed E-state index contributed by atoms with van der Waals surface area (Å²) in [5, 5.41) is 0.641. The molecule has 0 saturated heterocycles. The number of fused-ring (bicyclic) bond motifs is 2. The summed E-state index contributed by atoms with van der Waals surface area (Å²) in [5.74, 6) is 0. The number of rotatable bonds is 5. The number of nitrogens with zero attached hydrogens (tertiary/aromatic N) is 2. The maximum atomic E-state index is 12.0. The Morgan fingerprint density at radius 2 is 1.64 bits per heavy atom. The fraction of sp³-hybridized carbons (Fsp3) is 0.152. The molecule has 5 nitrogen and oxygen atoms in total. The molecule has 2 N–H and O–H groups in total. The zero-order valence-corrected chi connectivity index (χ0v) is 22.7. The Balaban J connectivity index is 1.53. The topological polar surface area (TPSA) is 64.2 Å². The van der Waals surface area contributed by atoms with E-state index in [1.807, 2.05) is 36.4 Å². The molecule has 0 aliphatic carbocycles. The van der Waals surface area contributed by atoms with Gasteiger partial charge in [0.1, 0.15) is 0 Å². The van der Waals surface area contributed by atoms with E-state index in [0.29, 0.717) is 11.4 Å². The van der Waals surface area contributed by atoms with Gasteiger partial charge in [0.25, 0.3) is 0 Å². The van der Waals surface area contributed by atoms with Crippen molar-refractivity contribution >= 4 is 34.0 Å². The summed E-state index contributed by atoms with van der Waals surface area (Å²) in [5.41, 5.74) is 10.8. The number of anilines is 1. The first-order valence-corrected chi connectivity index (χ1v) is 13.5. The summed E-state index contributed by atoms with van der Waals surface area (Å²) in [6.07, 6.45) is 0.689. The van der Waals surface area contributed by atoms with Crippen molar-refractivity contribution in [1.82, 2.24) is 9.97 Å². The predicted molar refractivity (Wildman–Crippen MR) is 162 cm³/mol. The van der Waals surface area contributed by atoms with Gasteiger partial charge in [-0.2, -0.15) is 0 Å². The van der Waals surface area contributed by atoms with Gasteiger partial charge in [-0.3, -0.25) is 4.99 Å². The first-order chi connectivity index (χ1) is 18.9. The van der Waals surface area contributed by atoms with Crippen LogP contribution in [0.5, 0.6) is 0 Å². The van der Waals surface area contributed by atoms with Crippen LogP contribution in [0.2, 0.25) is 5.02 Å². The van der Waals surface area contributed by atoms with Crippen molar-refractivity contribution in [3.8, 4) is 11.1 Å². The molecule has 2 heterocycles. The van der Waals surface area contributed by atoms with Crippen LogP contribution in [-0.2, 0) is 6.42 Å². The summed E-state index contributed by atoms with van der Waals surface area (Å²) >= 11 is 6.53.